The van der Waals surface area contributed by atoms with Crippen LogP contribution in [0.15, 0.2) is 47.6 Å². The van der Waals surface area contributed by atoms with E-state index in [1.807, 2.05) is 0 Å². The fraction of sp³-hybridized carbons (Fsp3) is 0.176. The van der Waals surface area contributed by atoms with Gasteiger partial charge in [0.1, 0.15) is 5.75 Å². The van der Waals surface area contributed by atoms with Gasteiger partial charge in [-0.05, 0) is 37.3 Å². The summed E-state index contributed by atoms with van der Waals surface area (Å²) in [6.45, 7) is 1.64. The Morgan fingerprint density at radius 2 is 1.88 bits per heavy atom. The van der Waals surface area contributed by atoms with Crippen LogP contribution in [-0.4, -0.2) is 30.8 Å². The number of ether oxygens (including phenoxy) is 2. The molecule has 0 aromatic heterocycles. The van der Waals surface area contributed by atoms with Crippen molar-refractivity contribution in [2.24, 2.45) is 5.10 Å². The molecule has 0 aliphatic rings. The van der Waals surface area contributed by atoms with Crippen LogP contribution >= 0.6 is 0 Å². The van der Waals surface area contributed by atoms with Crippen molar-refractivity contribution in [1.82, 2.24) is 5.43 Å². The summed E-state index contributed by atoms with van der Waals surface area (Å²) in [5, 5.41) is 15.1. The first kappa shape index (κ1) is 17.9. The molecule has 0 radical (unpaired) electrons. The number of methoxy groups -OCH3 is 2. The van der Waals surface area contributed by atoms with Gasteiger partial charge in [-0.3, -0.25) is 14.9 Å². The number of hydrazone groups is 1. The fourth-order valence-electron chi connectivity index (χ4n) is 2.09. The van der Waals surface area contributed by atoms with Gasteiger partial charge in [-0.2, -0.15) is 5.10 Å². The number of carbonyl (C=O) groups is 1. The minimum absolute atomic E-state index is 0.155. The van der Waals surface area contributed by atoms with E-state index < -0.39 is 10.8 Å². The van der Waals surface area contributed by atoms with Crippen LogP contribution in [0.3, 0.4) is 0 Å². The van der Waals surface area contributed by atoms with Gasteiger partial charge in [0.15, 0.2) is 5.75 Å². The zero-order chi connectivity index (χ0) is 18.4. The summed E-state index contributed by atoms with van der Waals surface area (Å²) >= 11 is 0. The number of nitrogens with zero attached hydrogens (tertiary/aromatic N) is 2. The Morgan fingerprint density at radius 1 is 1.12 bits per heavy atom. The van der Waals surface area contributed by atoms with E-state index in [0.29, 0.717) is 22.6 Å². The van der Waals surface area contributed by atoms with Crippen molar-refractivity contribution < 1.29 is 19.2 Å². The molecule has 130 valence electrons. The van der Waals surface area contributed by atoms with Crippen LogP contribution in [0.25, 0.3) is 0 Å². The van der Waals surface area contributed by atoms with Gasteiger partial charge in [-0.1, -0.05) is 6.07 Å². The summed E-state index contributed by atoms with van der Waals surface area (Å²) in [5.74, 6) is 0.294. The molecular weight excluding hydrogens is 326 g/mol. The van der Waals surface area contributed by atoms with Crippen molar-refractivity contribution in [2.45, 2.75) is 6.92 Å². The van der Waals surface area contributed by atoms with Gasteiger partial charge in [0.25, 0.3) is 5.91 Å². The molecule has 0 atom stereocenters. The molecule has 25 heavy (non-hydrogen) atoms. The molecule has 8 heteroatoms. The molecule has 0 bridgehead atoms. The number of benzene rings is 2. The van der Waals surface area contributed by atoms with Crippen molar-refractivity contribution in [3.05, 3.63) is 63.7 Å². The van der Waals surface area contributed by atoms with E-state index in [2.05, 4.69) is 10.5 Å². The van der Waals surface area contributed by atoms with Gasteiger partial charge in [0.2, 0.25) is 0 Å². The third-order valence-electron chi connectivity index (χ3n) is 3.45. The molecule has 2 rings (SSSR count). The predicted octanol–water partition coefficient (Wildman–Crippen LogP) is 2.77. The maximum Gasteiger partial charge on any atom is 0.311 e. The molecule has 8 nitrogen and oxygen atoms in total. The lowest BCUT2D eigenvalue weighted by molar-refractivity contribution is -0.385. The molecule has 0 aliphatic heterocycles. The quantitative estimate of drug-likeness (QED) is 0.493. The average molecular weight is 343 g/mol. The van der Waals surface area contributed by atoms with Crippen molar-refractivity contribution >= 4 is 17.3 Å². The van der Waals surface area contributed by atoms with E-state index in [-0.39, 0.29) is 11.4 Å². The largest absolute Gasteiger partial charge is 0.497 e. The Morgan fingerprint density at radius 3 is 2.52 bits per heavy atom. The fourth-order valence-corrected chi connectivity index (χ4v) is 2.09. The topological polar surface area (TPSA) is 103 Å². The molecule has 0 aliphatic carbocycles. The van der Waals surface area contributed by atoms with E-state index in [4.69, 9.17) is 9.47 Å². The van der Waals surface area contributed by atoms with Crippen LogP contribution in [-0.2, 0) is 0 Å². The standard InChI is InChI=1S/C17H17N3O5/c1-11(12-7-8-16(25-3)15(10-12)20(22)23)18-19-17(21)13-5-4-6-14(9-13)24-2/h4-10H,1-3H3,(H,19,21)/b18-11+. The number of hydrogen-bond donors (Lipinski definition) is 1. The molecule has 0 spiro atoms. The zero-order valence-electron chi connectivity index (χ0n) is 14.0. The minimum atomic E-state index is -0.537. The van der Waals surface area contributed by atoms with E-state index in [1.54, 1.807) is 37.3 Å². The first-order chi connectivity index (χ1) is 12.0. The molecule has 0 saturated carbocycles. The van der Waals surface area contributed by atoms with Gasteiger partial charge in [-0.15, -0.1) is 0 Å². The Labute approximate surface area is 144 Å². The maximum absolute atomic E-state index is 12.1. The second kappa shape index (κ2) is 7.91. The smallest absolute Gasteiger partial charge is 0.311 e. The highest BCUT2D eigenvalue weighted by atomic mass is 16.6. The molecular formula is C17H17N3O5. The van der Waals surface area contributed by atoms with Crippen LogP contribution in [0.5, 0.6) is 11.5 Å². The molecule has 2 aromatic rings. The summed E-state index contributed by atoms with van der Waals surface area (Å²) in [6, 6.07) is 11.1. The van der Waals surface area contributed by atoms with Crippen LogP contribution < -0.4 is 14.9 Å². The highest BCUT2D eigenvalue weighted by molar-refractivity contribution is 6.01. The van der Waals surface area contributed by atoms with Crippen LogP contribution in [0.2, 0.25) is 0 Å². The first-order valence-electron chi connectivity index (χ1n) is 7.27. The maximum atomic E-state index is 12.1. The van der Waals surface area contributed by atoms with Gasteiger partial charge < -0.3 is 9.47 Å². The van der Waals surface area contributed by atoms with Gasteiger partial charge in [0, 0.05) is 17.2 Å². The predicted molar refractivity (Wildman–Crippen MR) is 92.3 cm³/mol. The van der Waals surface area contributed by atoms with Gasteiger partial charge in [0.05, 0.1) is 24.9 Å². The van der Waals surface area contributed by atoms with Crippen molar-refractivity contribution in [3.63, 3.8) is 0 Å². The Bertz CT molecular complexity index is 833. The monoisotopic (exact) mass is 343 g/mol. The number of nitro groups is 1. The van der Waals surface area contributed by atoms with Crippen LogP contribution in [0.4, 0.5) is 5.69 Å². The van der Waals surface area contributed by atoms with E-state index in [0.717, 1.165) is 0 Å². The highest BCUT2D eigenvalue weighted by Crippen LogP contribution is 2.27. The average Bonchev–Trinajstić information content (AvgIpc) is 2.65. The molecule has 0 unspecified atom stereocenters. The lowest BCUT2D eigenvalue weighted by Crippen LogP contribution is -2.19. The van der Waals surface area contributed by atoms with Crippen LogP contribution in [0.1, 0.15) is 22.8 Å². The van der Waals surface area contributed by atoms with Crippen LogP contribution in [0, 0.1) is 10.1 Å². The molecule has 2 aromatic carbocycles. The first-order valence-corrected chi connectivity index (χ1v) is 7.27. The summed E-state index contributed by atoms with van der Waals surface area (Å²) in [7, 11) is 2.87. The molecule has 0 heterocycles. The summed E-state index contributed by atoms with van der Waals surface area (Å²) in [5.41, 5.74) is 3.55. The second-order valence-corrected chi connectivity index (χ2v) is 5.01. The van der Waals surface area contributed by atoms with Crippen molar-refractivity contribution in [1.29, 1.82) is 0 Å². The summed E-state index contributed by atoms with van der Waals surface area (Å²) in [6.07, 6.45) is 0. The third kappa shape index (κ3) is 4.31. The minimum Gasteiger partial charge on any atom is -0.497 e. The Hall–Kier alpha value is -3.42. The SMILES string of the molecule is COc1cccc(C(=O)N/N=C(\C)c2ccc(OC)c([N+](=O)[O-])c2)c1. The van der Waals surface area contributed by atoms with E-state index >= 15 is 0 Å². The highest BCUT2D eigenvalue weighted by Gasteiger charge is 2.16. The zero-order valence-corrected chi connectivity index (χ0v) is 14.0. The Kier molecular flexibility index (Phi) is 5.67. The third-order valence-corrected chi connectivity index (χ3v) is 3.45. The molecule has 0 fully saturated rings. The molecule has 1 N–H and O–H groups in total. The summed E-state index contributed by atoms with van der Waals surface area (Å²) < 4.78 is 10.0. The lowest BCUT2D eigenvalue weighted by Gasteiger charge is -2.06. The lowest BCUT2D eigenvalue weighted by atomic mass is 10.1. The normalized spacial score (nSPS) is 10.9. The van der Waals surface area contributed by atoms with E-state index in [9.17, 15) is 14.9 Å². The van der Waals surface area contributed by atoms with E-state index in [1.165, 1.54) is 26.4 Å². The number of hydrogen-bond acceptors (Lipinski definition) is 6. The van der Waals surface area contributed by atoms with Gasteiger partial charge >= 0.3 is 5.69 Å². The molecule has 0 saturated heterocycles. The number of amides is 1. The molecule has 1 amide bonds. The van der Waals surface area contributed by atoms with Crippen molar-refractivity contribution in [3.8, 4) is 11.5 Å². The number of nitrogens with one attached hydrogen (secondary N) is 1. The number of carbonyl (C=O) groups excluding carboxylic acids is 1. The van der Waals surface area contributed by atoms with Gasteiger partial charge in [-0.25, -0.2) is 5.43 Å². The number of nitro benzene ring substituents is 1. The summed E-state index contributed by atoms with van der Waals surface area (Å²) in [4.78, 5) is 22.7. The van der Waals surface area contributed by atoms with Crippen molar-refractivity contribution in [2.75, 3.05) is 14.2 Å². The second-order valence-electron chi connectivity index (χ2n) is 5.01. The Balaban J connectivity index is 2.19. The number of rotatable bonds is 6.